The molecule has 1 aromatic carbocycles. The number of nitrogens with zero attached hydrogens (tertiary/aromatic N) is 3. The third-order valence-corrected chi connectivity index (χ3v) is 3.74. The molecule has 0 fully saturated rings. The van der Waals surface area contributed by atoms with Crippen LogP contribution in [0, 0.1) is 0 Å². The van der Waals surface area contributed by atoms with E-state index in [-0.39, 0.29) is 6.01 Å². The summed E-state index contributed by atoms with van der Waals surface area (Å²) in [7, 11) is 1.51. The van der Waals surface area contributed by atoms with Crippen LogP contribution in [0.15, 0.2) is 22.7 Å². The Labute approximate surface area is 136 Å². The zero-order valence-corrected chi connectivity index (χ0v) is 14.0. The third-order valence-electron chi connectivity index (χ3n) is 2.51. The molecule has 0 aliphatic rings. The van der Waals surface area contributed by atoms with Crippen LogP contribution < -0.4 is 15.4 Å². The molecule has 0 atom stereocenters. The number of methoxy groups -OCH3 is 1. The van der Waals surface area contributed by atoms with Gasteiger partial charge in [-0.25, -0.2) is 0 Å². The lowest BCUT2D eigenvalue weighted by Crippen LogP contribution is -2.08. The first-order valence-electron chi connectivity index (χ1n) is 6.38. The van der Waals surface area contributed by atoms with Crippen molar-refractivity contribution in [2.75, 3.05) is 24.3 Å². The Hall–Kier alpha value is -1.60. The van der Waals surface area contributed by atoms with Crippen molar-refractivity contribution < 1.29 is 4.74 Å². The molecule has 0 bridgehead atoms. The molecule has 0 saturated heterocycles. The SMILES string of the molecule is CCCNc1nc(Nc2ccc(Br)c(Cl)c2)nc(OC)n1. The van der Waals surface area contributed by atoms with E-state index in [1.807, 2.05) is 12.1 Å². The van der Waals surface area contributed by atoms with Crippen molar-refractivity contribution in [3.8, 4) is 6.01 Å². The summed E-state index contributed by atoms with van der Waals surface area (Å²) >= 11 is 9.41. The molecule has 1 heterocycles. The van der Waals surface area contributed by atoms with Crippen molar-refractivity contribution in [2.24, 2.45) is 0 Å². The molecule has 2 aromatic rings. The van der Waals surface area contributed by atoms with E-state index in [2.05, 4.69) is 48.4 Å². The minimum absolute atomic E-state index is 0.245. The summed E-state index contributed by atoms with van der Waals surface area (Å²) in [6, 6.07) is 5.74. The molecule has 0 amide bonds. The molecule has 0 aliphatic carbocycles. The van der Waals surface area contributed by atoms with Crippen LogP contribution in [-0.2, 0) is 0 Å². The number of rotatable bonds is 6. The van der Waals surface area contributed by atoms with Crippen molar-refractivity contribution in [1.82, 2.24) is 15.0 Å². The molecule has 21 heavy (non-hydrogen) atoms. The van der Waals surface area contributed by atoms with Gasteiger partial charge in [-0.1, -0.05) is 18.5 Å². The average molecular weight is 373 g/mol. The Kier molecular flexibility index (Phi) is 5.58. The van der Waals surface area contributed by atoms with Gasteiger partial charge in [0, 0.05) is 16.7 Å². The van der Waals surface area contributed by atoms with Crippen molar-refractivity contribution in [3.63, 3.8) is 0 Å². The van der Waals surface area contributed by atoms with Gasteiger partial charge >= 0.3 is 6.01 Å². The van der Waals surface area contributed by atoms with E-state index in [0.29, 0.717) is 16.9 Å². The van der Waals surface area contributed by atoms with Crippen molar-refractivity contribution >= 4 is 45.1 Å². The summed E-state index contributed by atoms with van der Waals surface area (Å²) in [5.74, 6) is 0.855. The molecule has 112 valence electrons. The number of hydrogen-bond acceptors (Lipinski definition) is 6. The van der Waals surface area contributed by atoms with Gasteiger partial charge in [-0.2, -0.15) is 15.0 Å². The lowest BCUT2D eigenvalue weighted by molar-refractivity contribution is 0.379. The molecule has 0 spiro atoms. The van der Waals surface area contributed by atoms with Crippen LogP contribution in [-0.4, -0.2) is 28.6 Å². The van der Waals surface area contributed by atoms with Gasteiger partial charge in [-0.15, -0.1) is 0 Å². The minimum atomic E-state index is 0.245. The van der Waals surface area contributed by atoms with E-state index < -0.39 is 0 Å². The first-order valence-corrected chi connectivity index (χ1v) is 7.55. The molecule has 1 aromatic heterocycles. The molecular formula is C13H15BrClN5O. The van der Waals surface area contributed by atoms with Crippen LogP contribution in [0.2, 0.25) is 5.02 Å². The first-order chi connectivity index (χ1) is 10.1. The highest BCUT2D eigenvalue weighted by Gasteiger charge is 2.07. The minimum Gasteiger partial charge on any atom is -0.467 e. The van der Waals surface area contributed by atoms with E-state index in [1.54, 1.807) is 6.07 Å². The summed E-state index contributed by atoms with van der Waals surface area (Å²) in [5, 5.41) is 6.78. The Morgan fingerprint density at radius 2 is 2.00 bits per heavy atom. The molecule has 0 aliphatic heterocycles. The highest BCUT2D eigenvalue weighted by atomic mass is 79.9. The fraction of sp³-hybridized carbons (Fsp3) is 0.308. The van der Waals surface area contributed by atoms with Crippen molar-refractivity contribution in [3.05, 3.63) is 27.7 Å². The van der Waals surface area contributed by atoms with Gasteiger partial charge in [0.25, 0.3) is 0 Å². The number of hydrogen-bond donors (Lipinski definition) is 2. The topological polar surface area (TPSA) is 72.0 Å². The van der Waals surface area contributed by atoms with Crippen LogP contribution in [0.4, 0.5) is 17.6 Å². The number of benzene rings is 1. The van der Waals surface area contributed by atoms with Gasteiger partial charge < -0.3 is 15.4 Å². The second-order valence-corrected chi connectivity index (χ2v) is 5.41. The van der Waals surface area contributed by atoms with Crippen LogP contribution in [0.1, 0.15) is 13.3 Å². The predicted octanol–water partition coefficient (Wildman–Crippen LogP) is 3.86. The number of anilines is 3. The maximum atomic E-state index is 6.06. The molecule has 0 radical (unpaired) electrons. The number of ether oxygens (including phenoxy) is 1. The molecule has 2 rings (SSSR count). The molecular weight excluding hydrogens is 358 g/mol. The smallest absolute Gasteiger partial charge is 0.322 e. The Morgan fingerprint density at radius 1 is 1.24 bits per heavy atom. The normalized spacial score (nSPS) is 10.3. The van der Waals surface area contributed by atoms with Gasteiger partial charge in [0.1, 0.15) is 0 Å². The van der Waals surface area contributed by atoms with Gasteiger partial charge in [0.2, 0.25) is 11.9 Å². The third kappa shape index (κ3) is 4.44. The van der Waals surface area contributed by atoms with E-state index in [4.69, 9.17) is 16.3 Å². The first kappa shape index (κ1) is 15.8. The van der Waals surface area contributed by atoms with Gasteiger partial charge in [0.05, 0.1) is 12.1 Å². The predicted molar refractivity (Wildman–Crippen MR) is 87.6 cm³/mol. The maximum absolute atomic E-state index is 6.06. The van der Waals surface area contributed by atoms with E-state index >= 15 is 0 Å². The quantitative estimate of drug-likeness (QED) is 0.802. The Morgan fingerprint density at radius 3 is 2.67 bits per heavy atom. The van der Waals surface area contributed by atoms with E-state index in [9.17, 15) is 0 Å². The monoisotopic (exact) mass is 371 g/mol. The highest BCUT2D eigenvalue weighted by molar-refractivity contribution is 9.10. The highest BCUT2D eigenvalue weighted by Crippen LogP contribution is 2.27. The van der Waals surface area contributed by atoms with Crippen LogP contribution >= 0.6 is 27.5 Å². The Balaban J connectivity index is 2.23. The van der Waals surface area contributed by atoms with Crippen molar-refractivity contribution in [2.45, 2.75) is 13.3 Å². The molecule has 0 saturated carbocycles. The number of aromatic nitrogens is 3. The second-order valence-electron chi connectivity index (χ2n) is 4.15. The van der Waals surface area contributed by atoms with E-state index in [1.165, 1.54) is 7.11 Å². The molecule has 0 unspecified atom stereocenters. The average Bonchev–Trinajstić information content (AvgIpc) is 2.48. The maximum Gasteiger partial charge on any atom is 0.322 e. The van der Waals surface area contributed by atoms with Gasteiger partial charge in [-0.05, 0) is 40.5 Å². The lowest BCUT2D eigenvalue weighted by atomic mass is 10.3. The fourth-order valence-corrected chi connectivity index (χ4v) is 1.95. The number of nitrogens with one attached hydrogen (secondary N) is 2. The summed E-state index contributed by atoms with van der Waals surface area (Å²) < 4.78 is 5.91. The number of halogens is 2. The Bertz CT molecular complexity index is 626. The molecule has 6 nitrogen and oxygen atoms in total. The standard InChI is InChI=1S/C13H15BrClN5O/c1-3-6-16-11-18-12(20-13(19-11)21-2)17-8-4-5-9(14)10(15)7-8/h4-5,7H,3,6H2,1-2H3,(H2,16,17,18,19,20). The summed E-state index contributed by atoms with van der Waals surface area (Å²) in [4.78, 5) is 12.6. The van der Waals surface area contributed by atoms with Gasteiger partial charge in [-0.3, -0.25) is 0 Å². The summed E-state index contributed by atoms with van der Waals surface area (Å²) in [6.45, 7) is 2.84. The fourth-order valence-electron chi connectivity index (χ4n) is 1.52. The van der Waals surface area contributed by atoms with E-state index in [0.717, 1.165) is 23.1 Å². The van der Waals surface area contributed by atoms with Crippen molar-refractivity contribution in [1.29, 1.82) is 0 Å². The zero-order valence-electron chi connectivity index (χ0n) is 11.7. The van der Waals surface area contributed by atoms with Crippen LogP contribution in [0.3, 0.4) is 0 Å². The summed E-state index contributed by atoms with van der Waals surface area (Å²) in [5.41, 5.74) is 0.776. The second kappa shape index (κ2) is 7.42. The molecule has 8 heteroatoms. The van der Waals surface area contributed by atoms with Crippen LogP contribution in [0.25, 0.3) is 0 Å². The zero-order chi connectivity index (χ0) is 15.2. The largest absolute Gasteiger partial charge is 0.467 e. The summed E-state index contributed by atoms with van der Waals surface area (Å²) in [6.07, 6.45) is 0.971. The van der Waals surface area contributed by atoms with Crippen LogP contribution in [0.5, 0.6) is 6.01 Å². The lowest BCUT2D eigenvalue weighted by Gasteiger charge is -2.09. The van der Waals surface area contributed by atoms with Gasteiger partial charge in [0.15, 0.2) is 0 Å². The molecule has 2 N–H and O–H groups in total.